The van der Waals surface area contributed by atoms with Crippen molar-refractivity contribution in [1.29, 1.82) is 0 Å². The highest BCUT2D eigenvalue weighted by Crippen LogP contribution is 2.52. The van der Waals surface area contributed by atoms with Gasteiger partial charge in [0.1, 0.15) is 0 Å². The third-order valence-corrected chi connectivity index (χ3v) is 6.95. The van der Waals surface area contributed by atoms with E-state index in [-0.39, 0.29) is 11.3 Å². The number of halogens is 2. The normalized spacial score (nSPS) is 23.2. The smallest absolute Gasteiger partial charge is 0.201 e. The third kappa shape index (κ3) is 3.84. The van der Waals surface area contributed by atoms with Crippen LogP contribution < -0.4 is 4.74 Å². The molecule has 3 unspecified atom stereocenters. The number of ether oxygens (including phenoxy) is 1. The third-order valence-electron chi connectivity index (χ3n) is 6.95. The van der Waals surface area contributed by atoms with E-state index in [0.29, 0.717) is 11.5 Å². The number of hydrogen-bond donors (Lipinski definition) is 0. The van der Waals surface area contributed by atoms with Crippen LogP contribution >= 0.6 is 0 Å². The molecule has 1 fully saturated rings. The summed E-state index contributed by atoms with van der Waals surface area (Å²) in [4.78, 5) is 0. The lowest BCUT2D eigenvalue weighted by Gasteiger charge is -2.20. The van der Waals surface area contributed by atoms with Crippen LogP contribution in [0.1, 0.15) is 57.4 Å². The molecule has 154 valence electrons. The Morgan fingerprint density at radius 3 is 2.41 bits per heavy atom. The predicted molar refractivity (Wildman–Crippen MR) is 115 cm³/mol. The highest BCUT2D eigenvalue weighted by atomic mass is 19.2. The number of benzene rings is 2. The zero-order valence-electron chi connectivity index (χ0n) is 17.4. The Hall–Kier alpha value is -2.16. The van der Waals surface area contributed by atoms with Crippen LogP contribution in [0.3, 0.4) is 0 Å². The maximum absolute atomic E-state index is 14.4. The van der Waals surface area contributed by atoms with Crippen LogP contribution in [0.5, 0.6) is 5.75 Å². The van der Waals surface area contributed by atoms with Gasteiger partial charge in [0.05, 0.1) is 7.11 Å². The molecule has 1 nitrogen and oxygen atoms in total. The fourth-order valence-electron chi connectivity index (χ4n) is 5.41. The van der Waals surface area contributed by atoms with Crippen LogP contribution in [0, 0.1) is 29.4 Å². The first-order valence-corrected chi connectivity index (χ1v) is 11.0. The lowest BCUT2D eigenvalue weighted by molar-refractivity contribution is 0.339. The van der Waals surface area contributed by atoms with E-state index in [9.17, 15) is 8.78 Å². The fourth-order valence-corrected chi connectivity index (χ4v) is 5.41. The Morgan fingerprint density at radius 2 is 1.69 bits per heavy atom. The Kier molecular flexibility index (Phi) is 6.03. The largest absolute Gasteiger partial charge is 0.494 e. The van der Waals surface area contributed by atoms with Gasteiger partial charge in [-0.1, -0.05) is 62.9 Å². The second kappa shape index (κ2) is 8.69. The van der Waals surface area contributed by atoms with Crippen LogP contribution in [0.4, 0.5) is 8.78 Å². The van der Waals surface area contributed by atoms with Gasteiger partial charge in [0, 0.05) is 5.56 Å². The SMILES string of the molecule is CCCCCC1CCC2C(c3ccc(-c4ccc(OC)c(F)c4F)cc3)=CCC12. The van der Waals surface area contributed by atoms with Gasteiger partial charge in [-0.25, -0.2) is 4.39 Å². The molecule has 4 rings (SSSR count). The molecule has 0 radical (unpaired) electrons. The molecular formula is C26H30F2O. The average Bonchev–Trinajstić information content (AvgIpc) is 3.33. The van der Waals surface area contributed by atoms with Crippen LogP contribution in [0.2, 0.25) is 0 Å². The van der Waals surface area contributed by atoms with Gasteiger partial charge in [0.25, 0.3) is 0 Å². The minimum atomic E-state index is -0.935. The zero-order valence-corrected chi connectivity index (χ0v) is 17.4. The Bertz CT molecular complexity index is 884. The molecule has 0 aromatic heterocycles. The van der Waals surface area contributed by atoms with Gasteiger partial charge in [-0.05, 0) is 65.8 Å². The van der Waals surface area contributed by atoms with E-state index in [1.807, 2.05) is 12.1 Å². The number of fused-ring (bicyclic) bond motifs is 1. The molecule has 2 aromatic rings. The first kappa shape index (κ1) is 20.1. The number of hydrogen-bond acceptors (Lipinski definition) is 1. The van der Waals surface area contributed by atoms with Crippen LogP contribution in [0.25, 0.3) is 16.7 Å². The number of rotatable bonds is 7. The molecule has 29 heavy (non-hydrogen) atoms. The molecule has 0 aliphatic heterocycles. The molecule has 0 N–H and O–H groups in total. The van der Waals surface area contributed by atoms with E-state index in [1.165, 1.54) is 69.3 Å². The molecule has 1 saturated carbocycles. The van der Waals surface area contributed by atoms with E-state index in [1.54, 1.807) is 6.07 Å². The summed E-state index contributed by atoms with van der Waals surface area (Å²) in [7, 11) is 1.34. The maximum atomic E-state index is 14.4. The van der Waals surface area contributed by atoms with Crippen molar-refractivity contribution in [3.8, 4) is 16.9 Å². The van der Waals surface area contributed by atoms with Crippen molar-refractivity contribution >= 4 is 5.57 Å². The minimum absolute atomic E-state index is 0.0697. The van der Waals surface area contributed by atoms with Gasteiger partial charge in [0.15, 0.2) is 11.6 Å². The molecule has 2 aliphatic rings. The summed E-state index contributed by atoms with van der Waals surface area (Å²) < 4.78 is 33.3. The van der Waals surface area contributed by atoms with Crippen molar-refractivity contribution in [2.24, 2.45) is 17.8 Å². The Morgan fingerprint density at radius 1 is 0.931 bits per heavy atom. The van der Waals surface area contributed by atoms with E-state index >= 15 is 0 Å². The van der Waals surface area contributed by atoms with Crippen molar-refractivity contribution in [3.05, 3.63) is 59.7 Å². The lowest BCUT2D eigenvalue weighted by Crippen LogP contribution is -2.11. The van der Waals surface area contributed by atoms with E-state index in [0.717, 1.165) is 11.8 Å². The molecule has 2 aromatic carbocycles. The highest BCUT2D eigenvalue weighted by Gasteiger charge is 2.40. The molecule has 0 saturated heterocycles. The summed E-state index contributed by atoms with van der Waals surface area (Å²) in [6.07, 6.45) is 11.6. The van der Waals surface area contributed by atoms with Crippen molar-refractivity contribution in [1.82, 2.24) is 0 Å². The van der Waals surface area contributed by atoms with Gasteiger partial charge < -0.3 is 4.74 Å². The zero-order chi connectivity index (χ0) is 20.4. The molecule has 0 bridgehead atoms. The fraction of sp³-hybridized carbons (Fsp3) is 0.462. The summed E-state index contributed by atoms with van der Waals surface area (Å²) in [5, 5.41) is 0. The van der Waals surface area contributed by atoms with Gasteiger partial charge in [-0.15, -0.1) is 0 Å². The van der Waals surface area contributed by atoms with Gasteiger partial charge in [0.2, 0.25) is 5.82 Å². The number of methoxy groups -OCH3 is 1. The number of unbranched alkanes of at least 4 members (excludes halogenated alkanes) is 2. The van der Waals surface area contributed by atoms with Crippen LogP contribution in [0.15, 0.2) is 42.5 Å². The van der Waals surface area contributed by atoms with Crippen molar-refractivity contribution < 1.29 is 13.5 Å². The second-order valence-electron chi connectivity index (χ2n) is 8.52. The van der Waals surface area contributed by atoms with Crippen LogP contribution in [-0.2, 0) is 0 Å². The topological polar surface area (TPSA) is 9.23 Å². The standard InChI is InChI=1S/C26H30F2O/c1-3-4-5-6-17-11-12-23-20(17)13-14-21(23)18-7-9-19(10-8-18)22-15-16-24(29-2)26(28)25(22)27/h7-10,14-17,20,23H,3-6,11-13H2,1-2H3. The minimum Gasteiger partial charge on any atom is -0.494 e. The van der Waals surface area contributed by atoms with Crippen LogP contribution in [-0.4, -0.2) is 7.11 Å². The number of allylic oxidation sites excluding steroid dienone is 2. The van der Waals surface area contributed by atoms with Gasteiger partial charge >= 0.3 is 0 Å². The van der Waals surface area contributed by atoms with Crippen molar-refractivity contribution in [2.75, 3.05) is 7.11 Å². The molecule has 2 aliphatic carbocycles. The average molecular weight is 397 g/mol. The maximum Gasteiger partial charge on any atom is 0.201 e. The summed E-state index contributed by atoms with van der Waals surface area (Å²) in [6.45, 7) is 2.27. The second-order valence-corrected chi connectivity index (χ2v) is 8.52. The Labute approximate surface area is 172 Å². The van der Waals surface area contributed by atoms with E-state index in [4.69, 9.17) is 4.74 Å². The van der Waals surface area contributed by atoms with Gasteiger partial charge in [-0.2, -0.15) is 4.39 Å². The quantitative estimate of drug-likeness (QED) is 0.437. The summed E-state index contributed by atoms with van der Waals surface area (Å²) >= 11 is 0. The summed E-state index contributed by atoms with van der Waals surface area (Å²) in [5.41, 5.74) is 3.64. The monoisotopic (exact) mass is 396 g/mol. The molecule has 0 heterocycles. The first-order chi connectivity index (χ1) is 14.1. The molecule has 3 heteroatoms. The molecule has 0 amide bonds. The molecule has 0 spiro atoms. The van der Waals surface area contributed by atoms with E-state index in [2.05, 4.69) is 25.1 Å². The first-order valence-electron chi connectivity index (χ1n) is 11.0. The van der Waals surface area contributed by atoms with Crippen molar-refractivity contribution in [2.45, 2.75) is 51.9 Å². The lowest BCUT2D eigenvalue weighted by atomic mass is 9.84. The van der Waals surface area contributed by atoms with E-state index < -0.39 is 11.6 Å². The van der Waals surface area contributed by atoms with Crippen molar-refractivity contribution in [3.63, 3.8) is 0 Å². The Balaban J connectivity index is 1.49. The molecular weight excluding hydrogens is 366 g/mol. The van der Waals surface area contributed by atoms with Gasteiger partial charge in [-0.3, -0.25) is 0 Å². The summed E-state index contributed by atoms with van der Waals surface area (Å²) in [5.74, 6) is 0.478. The molecule has 3 atom stereocenters. The summed E-state index contributed by atoms with van der Waals surface area (Å²) in [6, 6.07) is 11.0. The predicted octanol–water partition coefficient (Wildman–Crippen LogP) is 7.65. The highest BCUT2D eigenvalue weighted by molar-refractivity contribution is 5.73.